The largest absolute Gasteiger partial charge is 0.497 e. The standard InChI is InChI=1S/C17H18O2/c1-19-16-11-9-15(10-12-16)17(18,14-7-8-14)13-5-3-2-4-6-13/h2-6,9-12,14,18H,7-8H2,1H3. The summed E-state index contributed by atoms with van der Waals surface area (Å²) in [5.41, 5.74) is 1.05. The zero-order chi connectivity index (χ0) is 13.3. The Labute approximate surface area is 113 Å². The molecule has 0 bridgehead atoms. The van der Waals surface area contributed by atoms with E-state index in [4.69, 9.17) is 4.74 Å². The first-order valence-electron chi connectivity index (χ1n) is 6.67. The minimum absolute atomic E-state index is 0.322. The van der Waals surface area contributed by atoms with Crippen molar-refractivity contribution >= 4 is 0 Å². The lowest BCUT2D eigenvalue weighted by Crippen LogP contribution is -2.29. The fraction of sp³-hybridized carbons (Fsp3) is 0.294. The summed E-state index contributed by atoms with van der Waals surface area (Å²) < 4.78 is 5.18. The smallest absolute Gasteiger partial charge is 0.118 e. The highest BCUT2D eigenvalue weighted by molar-refractivity contribution is 5.40. The third-order valence-corrected chi connectivity index (χ3v) is 3.91. The molecule has 0 saturated heterocycles. The fourth-order valence-corrected chi connectivity index (χ4v) is 2.68. The van der Waals surface area contributed by atoms with Crippen LogP contribution < -0.4 is 4.74 Å². The minimum Gasteiger partial charge on any atom is -0.497 e. The molecule has 0 heterocycles. The van der Waals surface area contributed by atoms with Crippen LogP contribution in [0.3, 0.4) is 0 Å². The second-order valence-corrected chi connectivity index (χ2v) is 5.14. The number of methoxy groups -OCH3 is 1. The Morgan fingerprint density at radius 1 is 0.947 bits per heavy atom. The van der Waals surface area contributed by atoms with Crippen molar-refractivity contribution < 1.29 is 9.84 Å². The number of aliphatic hydroxyl groups is 1. The molecule has 1 N–H and O–H groups in total. The number of benzene rings is 2. The van der Waals surface area contributed by atoms with Crippen LogP contribution in [0.25, 0.3) is 0 Å². The van der Waals surface area contributed by atoms with Gasteiger partial charge >= 0.3 is 0 Å². The molecule has 1 unspecified atom stereocenters. The van der Waals surface area contributed by atoms with Crippen molar-refractivity contribution in [1.82, 2.24) is 0 Å². The Balaban J connectivity index is 2.05. The van der Waals surface area contributed by atoms with Crippen molar-refractivity contribution in [3.05, 3.63) is 65.7 Å². The fourth-order valence-electron chi connectivity index (χ4n) is 2.68. The highest BCUT2D eigenvalue weighted by atomic mass is 16.5. The summed E-state index contributed by atoms with van der Waals surface area (Å²) >= 11 is 0. The topological polar surface area (TPSA) is 29.5 Å². The first-order chi connectivity index (χ1) is 9.25. The van der Waals surface area contributed by atoms with E-state index in [9.17, 15) is 5.11 Å². The van der Waals surface area contributed by atoms with Crippen molar-refractivity contribution in [2.45, 2.75) is 18.4 Å². The van der Waals surface area contributed by atoms with Gasteiger partial charge in [0.05, 0.1) is 7.11 Å². The summed E-state index contributed by atoms with van der Waals surface area (Å²) in [6.45, 7) is 0. The molecule has 0 aliphatic heterocycles. The van der Waals surface area contributed by atoms with Crippen LogP contribution >= 0.6 is 0 Å². The molecule has 0 amide bonds. The molecule has 1 fully saturated rings. The minimum atomic E-state index is -0.868. The van der Waals surface area contributed by atoms with E-state index in [1.54, 1.807) is 7.11 Å². The number of hydrogen-bond donors (Lipinski definition) is 1. The molecule has 1 aliphatic rings. The van der Waals surface area contributed by atoms with E-state index in [1.807, 2.05) is 54.6 Å². The molecule has 1 saturated carbocycles. The van der Waals surface area contributed by atoms with Gasteiger partial charge in [-0.25, -0.2) is 0 Å². The van der Waals surface area contributed by atoms with Crippen LogP contribution in [0.1, 0.15) is 24.0 Å². The van der Waals surface area contributed by atoms with Gasteiger partial charge in [0.2, 0.25) is 0 Å². The SMILES string of the molecule is COc1ccc(C(O)(c2ccccc2)C2CC2)cc1. The van der Waals surface area contributed by atoms with Gasteiger partial charge in [0.15, 0.2) is 0 Å². The van der Waals surface area contributed by atoms with Crippen molar-refractivity contribution in [3.63, 3.8) is 0 Å². The molecular formula is C17H18O2. The average molecular weight is 254 g/mol. The third kappa shape index (κ3) is 2.13. The third-order valence-electron chi connectivity index (χ3n) is 3.91. The lowest BCUT2D eigenvalue weighted by Gasteiger charge is -2.29. The summed E-state index contributed by atoms with van der Waals surface area (Å²) in [5.74, 6) is 1.14. The van der Waals surface area contributed by atoms with Crippen LogP contribution in [-0.2, 0) is 5.60 Å². The van der Waals surface area contributed by atoms with Crippen molar-refractivity contribution in [2.24, 2.45) is 5.92 Å². The Morgan fingerprint density at radius 2 is 1.53 bits per heavy atom. The van der Waals surface area contributed by atoms with Gasteiger partial charge in [-0.1, -0.05) is 42.5 Å². The molecule has 19 heavy (non-hydrogen) atoms. The van der Waals surface area contributed by atoms with E-state index in [2.05, 4.69) is 0 Å². The maximum Gasteiger partial charge on any atom is 0.118 e. The molecule has 3 rings (SSSR count). The van der Waals surface area contributed by atoms with Crippen LogP contribution in [0.15, 0.2) is 54.6 Å². The van der Waals surface area contributed by atoms with Crippen LogP contribution in [-0.4, -0.2) is 12.2 Å². The molecule has 2 nitrogen and oxygen atoms in total. The molecule has 2 aromatic carbocycles. The highest BCUT2D eigenvalue weighted by Gasteiger charge is 2.46. The van der Waals surface area contributed by atoms with Crippen LogP contribution in [0.4, 0.5) is 0 Å². The lowest BCUT2D eigenvalue weighted by molar-refractivity contribution is 0.0564. The quantitative estimate of drug-likeness (QED) is 0.906. The van der Waals surface area contributed by atoms with Crippen LogP contribution in [0.5, 0.6) is 5.75 Å². The average Bonchev–Trinajstić information content (AvgIpc) is 3.32. The molecule has 0 spiro atoms. The maximum atomic E-state index is 11.2. The van der Waals surface area contributed by atoms with Crippen molar-refractivity contribution in [3.8, 4) is 5.75 Å². The predicted molar refractivity (Wildman–Crippen MR) is 75.2 cm³/mol. The monoisotopic (exact) mass is 254 g/mol. The van der Waals surface area contributed by atoms with E-state index < -0.39 is 5.60 Å². The summed E-state index contributed by atoms with van der Waals surface area (Å²) in [7, 11) is 1.65. The van der Waals surface area contributed by atoms with Gasteiger partial charge in [-0.3, -0.25) is 0 Å². The van der Waals surface area contributed by atoms with Crippen LogP contribution in [0.2, 0.25) is 0 Å². The first kappa shape index (κ1) is 12.2. The van der Waals surface area contributed by atoms with E-state index in [1.165, 1.54) is 0 Å². The summed E-state index contributed by atoms with van der Waals surface area (Å²) in [5, 5.41) is 11.2. The highest BCUT2D eigenvalue weighted by Crippen LogP contribution is 2.49. The molecule has 98 valence electrons. The van der Waals surface area contributed by atoms with Crippen molar-refractivity contribution in [1.29, 1.82) is 0 Å². The van der Waals surface area contributed by atoms with Gasteiger partial charge in [-0.2, -0.15) is 0 Å². The van der Waals surface area contributed by atoms with Gasteiger partial charge < -0.3 is 9.84 Å². The van der Waals surface area contributed by atoms with Crippen LogP contribution in [0, 0.1) is 5.92 Å². The molecule has 1 aliphatic carbocycles. The van der Waals surface area contributed by atoms with E-state index in [0.717, 1.165) is 29.7 Å². The van der Waals surface area contributed by atoms with Gasteiger partial charge in [0.1, 0.15) is 11.4 Å². The molecule has 0 radical (unpaired) electrons. The molecular weight excluding hydrogens is 236 g/mol. The number of ether oxygens (including phenoxy) is 1. The second-order valence-electron chi connectivity index (χ2n) is 5.14. The molecule has 0 aromatic heterocycles. The predicted octanol–water partition coefficient (Wildman–Crippen LogP) is 3.34. The molecule has 1 atom stereocenters. The van der Waals surface area contributed by atoms with E-state index in [0.29, 0.717) is 5.92 Å². The van der Waals surface area contributed by atoms with Crippen molar-refractivity contribution in [2.75, 3.05) is 7.11 Å². The number of hydrogen-bond acceptors (Lipinski definition) is 2. The second kappa shape index (κ2) is 4.71. The van der Waals surface area contributed by atoms with E-state index >= 15 is 0 Å². The Morgan fingerprint density at radius 3 is 2.05 bits per heavy atom. The summed E-state index contributed by atoms with van der Waals surface area (Å²) in [6.07, 6.45) is 2.16. The Kier molecular flexibility index (Phi) is 3.03. The van der Waals surface area contributed by atoms with Gasteiger partial charge in [0.25, 0.3) is 0 Å². The zero-order valence-corrected chi connectivity index (χ0v) is 11.0. The number of rotatable bonds is 4. The Bertz CT molecular complexity index is 543. The zero-order valence-electron chi connectivity index (χ0n) is 11.0. The summed E-state index contributed by atoms with van der Waals surface area (Å²) in [6, 6.07) is 17.7. The lowest BCUT2D eigenvalue weighted by atomic mass is 9.82. The Hall–Kier alpha value is -1.80. The summed E-state index contributed by atoms with van der Waals surface area (Å²) in [4.78, 5) is 0. The van der Waals surface area contributed by atoms with Gasteiger partial charge in [0, 0.05) is 0 Å². The first-order valence-corrected chi connectivity index (χ1v) is 6.67. The van der Waals surface area contributed by atoms with Gasteiger partial charge in [-0.15, -0.1) is 0 Å². The van der Waals surface area contributed by atoms with E-state index in [-0.39, 0.29) is 0 Å². The maximum absolute atomic E-state index is 11.2. The normalized spacial score (nSPS) is 17.8. The molecule has 2 aromatic rings. The van der Waals surface area contributed by atoms with Gasteiger partial charge in [-0.05, 0) is 42.0 Å². The molecule has 2 heteroatoms.